The van der Waals surface area contributed by atoms with Crippen LogP contribution in [0.5, 0.6) is 0 Å². The Bertz CT molecular complexity index is 801. The molecule has 2 aromatic carbocycles. The SMILES string of the molecule is O=C(Nc1cc(Cl)ccc1Cl)NC(CO)C(O)c1ccc([N+](=O)[O-])cc1. The van der Waals surface area contributed by atoms with E-state index in [1.54, 1.807) is 6.07 Å². The van der Waals surface area contributed by atoms with Crippen LogP contribution < -0.4 is 10.6 Å². The second kappa shape index (κ2) is 8.81. The number of benzene rings is 2. The van der Waals surface area contributed by atoms with Gasteiger partial charge in [0.1, 0.15) is 6.10 Å². The van der Waals surface area contributed by atoms with Gasteiger partial charge in [-0.1, -0.05) is 23.2 Å². The number of non-ortho nitro benzene ring substituents is 1. The quantitative estimate of drug-likeness (QED) is 0.438. The van der Waals surface area contributed by atoms with Crippen molar-refractivity contribution in [2.45, 2.75) is 12.1 Å². The Hall–Kier alpha value is -2.39. The van der Waals surface area contributed by atoms with Crippen LogP contribution in [0.15, 0.2) is 42.5 Å². The highest BCUT2D eigenvalue weighted by Crippen LogP contribution is 2.25. The van der Waals surface area contributed by atoms with Gasteiger partial charge in [-0.25, -0.2) is 4.79 Å². The first kappa shape index (κ1) is 19.9. The van der Waals surface area contributed by atoms with Gasteiger partial charge in [0, 0.05) is 17.2 Å². The maximum atomic E-state index is 12.1. The number of anilines is 1. The Kier molecular flexibility index (Phi) is 6.76. The van der Waals surface area contributed by atoms with Crippen molar-refractivity contribution in [3.8, 4) is 0 Å². The van der Waals surface area contributed by atoms with Crippen molar-refractivity contribution in [3.05, 3.63) is 68.2 Å². The zero-order valence-corrected chi connectivity index (χ0v) is 14.7. The van der Waals surface area contributed by atoms with Gasteiger partial charge < -0.3 is 20.8 Å². The van der Waals surface area contributed by atoms with E-state index in [9.17, 15) is 25.1 Å². The smallest absolute Gasteiger partial charge is 0.319 e. The zero-order chi connectivity index (χ0) is 19.3. The van der Waals surface area contributed by atoms with Gasteiger partial charge in [-0.15, -0.1) is 0 Å². The molecule has 0 saturated carbocycles. The summed E-state index contributed by atoms with van der Waals surface area (Å²) in [7, 11) is 0. The van der Waals surface area contributed by atoms with Gasteiger partial charge in [0.2, 0.25) is 0 Å². The Morgan fingerprint density at radius 1 is 1.19 bits per heavy atom. The minimum Gasteiger partial charge on any atom is -0.394 e. The summed E-state index contributed by atoms with van der Waals surface area (Å²) in [5.74, 6) is 0. The molecule has 0 saturated heterocycles. The fourth-order valence-electron chi connectivity index (χ4n) is 2.17. The number of urea groups is 1. The van der Waals surface area contributed by atoms with Crippen molar-refractivity contribution < 1.29 is 19.9 Å². The van der Waals surface area contributed by atoms with Gasteiger partial charge in [0.05, 0.1) is 28.3 Å². The second-order valence-electron chi connectivity index (χ2n) is 5.31. The number of nitro groups is 1. The highest BCUT2D eigenvalue weighted by Gasteiger charge is 2.23. The summed E-state index contributed by atoms with van der Waals surface area (Å²) in [5, 5.41) is 35.9. The number of aliphatic hydroxyl groups excluding tert-OH is 2. The van der Waals surface area contributed by atoms with Crippen LogP contribution in [-0.4, -0.2) is 33.8 Å². The fourth-order valence-corrected chi connectivity index (χ4v) is 2.51. The normalized spacial score (nSPS) is 12.9. The maximum Gasteiger partial charge on any atom is 0.319 e. The fraction of sp³-hybridized carbons (Fsp3) is 0.188. The van der Waals surface area contributed by atoms with Gasteiger partial charge in [-0.3, -0.25) is 10.1 Å². The third-order valence-corrected chi connectivity index (χ3v) is 4.08. The lowest BCUT2D eigenvalue weighted by Crippen LogP contribution is -2.44. The summed E-state index contributed by atoms with van der Waals surface area (Å²) in [6.45, 7) is -0.561. The molecule has 0 aliphatic rings. The van der Waals surface area contributed by atoms with E-state index in [4.69, 9.17) is 23.2 Å². The number of aliphatic hydroxyl groups is 2. The second-order valence-corrected chi connectivity index (χ2v) is 6.15. The number of nitrogens with one attached hydrogen (secondary N) is 2. The van der Waals surface area contributed by atoms with Crippen molar-refractivity contribution in [3.63, 3.8) is 0 Å². The number of hydrogen-bond donors (Lipinski definition) is 4. The van der Waals surface area contributed by atoms with E-state index in [0.717, 1.165) is 0 Å². The minimum atomic E-state index is -1.28. The Morgan fingerprint density at radius 2 is 1.85 bits per heavy atom. The third-order valence-electron chi connectivity index (χ3n) is 3.52. The van der Waals surface area contributed by atoms with E-state index in [-0.39, 0.29) is 16.4 Å². The highest BCUT2D eigenvalue weighted by molar-refractivity contribution is 6.35. The van der Waals surface area contributed by atoms with Crippen molar-refractivity contribution in [1.82, 2.24) is 5.32 Å². The molecule has 0 bridgehead atoms. The van der Waals surface area contributed by atoms with Crippen LogP contribution in [0.25, 0.3) is 0 Å². The summed E-state index contributed by atoms with van der Waals surface area (Å²) in [5.41, 5.74) is 0.428. The number of carbonyl (C=O) groups excluding carboxylic acids is 1. The van der Waals surface area contributed by atoms with Crippen LogP contribution in [0.2, 0.25) is 10.0 Å². The molecule has 0 aliphatic heterocycles. The molecule has 0 fully saturated rings. The molecule has 2 unspecified atom stereocenters. The molecule has 4 N–H and O–H groups in total. The third kappa shape index (κ3) is 5.06. The van der Waals surface area contributed by atoms with Crippen LogP contribution in [0.3, 0.4) is 0 Å². The van der Waals surface area contributed by atoms with E-state index in [0.29, 0.717) is 10.6 Å². The summed E-state index contributed by atoms with van der Waals surface area (Å²) in [4.78, 5) is 22.2. The summed E-state index contributed by atoms with van der Waals surface area (Å²) in [6, 6.07) is 7.89. The first-order valence-electron chi connectivity index (χ1n) is 7.37. The number of hydrogen-bond acceptors (Lipinski definition) is 5. The predicted octanol–water partition coefficient (Wildman–Crippen LogP) is 3.12. The van der Waals surface area contributed by atoms with Gasteiger partial charge in [0.25, 0.3) is 5.69 Å². The molecule has 2 aromatic rings. The molecule has 0 heterocycles. The largest absolute Gasteiger partial charge is 0.394 e. The Morgan fingerprint density at radius 3 is 2.42 bits per heavy atom. The molecule has 2 atom stereocenters. The molecule has 10 heteroatoms. The first-order valence-corrected chi connectivity index (χ1v) is 8.13. The molecule has 8 nitrogen and oxygen atoms in total. The molecule has 26 heavy (non-hydrogen) atoms. The number of nitro benzene ring substituents is 1. The number of carbonyl (C=O) groups is 1. The van der Waals surface area contributed by atoms with E-state index in [2.05, 4.69) is 10.6 Å². The summed E-state index contributed by atoms with van der Waals surface area (Å²) >= 11 is 11.8. The van der Waals surface area contributed by atoms with Crippen LogP contribution in [0, 0.1) is 10.1 Å². The number of rotatable bonds is 6. The molecule has 0 radical (unpaired) electrons. The van der Waals surface area contributed by atoms with Crippen LogP contribution >= 0.6 is 23.2 Å². The number of nitrogens with zero attached hydrogens (tertiary/aromatic N) is 1. The lowest BCUT2D eigenvalue weighted by Gasteiger charge is -2.23. The van der Waals surface area contributed by atoms with E-state index in [1.807, 2.05) is 0 Å². The molecular formula is C16H15Cl2N3O5. The van der Waals surface area contributed by atoms with Gasteiger partial charge in [-0.05, 0) is 35.9 Å². The van der Waals surface area contributed by atoms with Crippen molar-refractivity contribution in [1.29, 1.82) is 0 Å². The maximum absolute atomic E-state index is 12.1. The molecule has 2 amide bonds. The molecule has 0 aromatic heterocycles. The lowest BCUT2D eigenvalue weighted by atomic mass is 10.0. The van der Waals surface area contributed by atoms with Gasteiger partial charge >= 0.3 is 6.03 Å². The highest BCUT2D eigenvalue weighted by atomic mass is 35.5. The van der Waals surface area contributed by atoms with E-state index < -0.39 is 29.7 Å². The van der Waals surface area contributed by atoms with Crippen LogP contribution in [0.4, 0.5) is 16.2 Å². The molecule has 2 rings (SSSR count). The van der Waals surface area contributed by atoms with Crippen molar-refractivity contribution in [2.75, 3.05) is 11.9 Å². The average molecular weight is 400 g/mol. The summed E-state index contributed by atoms with van der Waals surface area (Å²) < 4.78 is 0. The Balaban J connectivity index is 2.06. The first-order chi connectivity index (χ1) is 12.3. The lowest BCUT2D eigenvalue weighted by molar-refractivity contribution is -0.384. The number of amides is 2. The van der Waals surface area contributed by atoms with Crippen LogP contribution in [0.1, 0.15) is 11.7 Å². The van der Waals surface area contributed by atoms with Crippen LogP contribution in [-0.2, 0) is 0 Å². The standard InChI is InChI=1S/C16H15Cl2N3O5/c17-10-3-6-12(18)13(7-10)19-16(24)20-14(8-22)15(23)9-1-4-11(5-2-9)21(25)26/h1-7,14-15,22-23H,8H2,(H2,19,20,24). The summed E-state index contributed by atoms with van der Waals surface area (Å²) in [6.07, 6.45) is -1.28. The minimum absolute atomic E-state index is 0.136. The molecule has 138 valence electrons. The zero-order valence-electron chi connectivity index (χ0n) is 13.2. The topological polar surface area (TPSA) is 125 Å². The number of halogens is 2. The average Bonchev–Trinajstić information content (AvgIpc) is 2.62. The predicted molar refractivity (Wildman–Crippen MR) is 97.5 cm³/mol. The van der Waals surface area contributed by atoms with Gasteiger partial charge in [0.15, 0.2) is 0 Å². The molecular weight excluding hydrogens is 385 g/mol. The van der Waals surface area contributed by atoms with E-state index >= 15 is 0 Å². The van der Waals surface area contributed by atoms with Crippen molar-refractivity contribution >= 4 is 40.6 Å². The Labute approximate surface area is 158 Å². The van der Waals surface area contributed by atoms with Gasteiger partial charge in [-0.2, -0.15) is 0 Å². The van der Waals surface area contributed by atoms with E-state index in [1.165, 1.54) is 36.4 Å². The van der Waals surface area contributed by atoms with Crippen molar-refractivity contribution in [2.24, 2.45) is 0 Å². The molecule has 0 spiro atoms. The molecule has 0 aliphatic carbocycles. The monoisotopic (exact) mass is 399 g/mol.